The zero-order valence-corrected chi connectivity index (χ0v) is 11.4. The van der Waals surface area contributed by atoms with E-state index in [9.17, 15) is 14.4 Å². The third-order valence-electron chi connectivity index (χ3n) is 2.27. The van der Waals surface area contributed by atoms with Crippen molar-refractivity contribution in [3.63, 3.8) is 0 Å². The number of carbonyl (C=O) groups excluding carboxylic acids is 3. The van der Waals surface area contributed by atoms with Crippen LogP contribution < -0.4 is 10.6 Å². The molecule has 2 amide bonds. The molecule has 0 aromatic carbocycles. The number of amides is 2. The van der Waals surface area contributed by atoms with Gasteiger partial charge in [0.2, 0.25) is 5.91 Å². The molecule has 0 aliphatic carbocycles. The molecule has 1 rings (SSSR count). The molecule has 0 saturated heterocycles. The Morgan fingerprint density at radius 1 is 1.28 bits per heavy atom. The van der Waals surface area contributed by atoms with Gasteiger partial charge in [0, 0.05) is 6.54 Å². The van der Waals surface area contributed by atoms with Crippen molar-refractivity contribution in [2.45, 2.75) is 26.8 Å². The van der Waals surface area contributed by atoms with Gasteiger partial charge in [-0.3, -0.25) is 14.4 Å². The molecular weight excluding hydrogens is 252 g/mol. The van der Waals surface area contributed by atoms with Crippen LogP contribution in [0.1, 0.15) is 40.1 Å². The summed E-state index contributed by atoms with van der Waals surface area (Å²) >= 11 is 1.12. The van der Waals surface area contributed by atoms with Crippen LogP contribution in [0.5, 0.6) is 0 Å². The molecule has 18 heavy (non-hydrogen) atoms. The van der Waals surface area contributed by atoms with Gasteiger partial charge in [0.05, 0.1) is 9.75 Å². The standard InChI is InChI=1S/C12H16N2O3S/c1-4-13-11(16)7(2)14-12(17)10-6-5-9(18-10)8(3)15/h5-7H,4H2,1-3H3,(H,13,16)(H,14,17)/t7-/m0/s1. The molecule has 0 aliphatic rings. The van der Waals surface area contributed by atoms with Crippen LogP contribution in [0.3, 0.4) is 0 Å². The molecule has 1 atom stereocenters. The Hall–Kier alpha value is -1.69. The van der Waals surface area contributed by atoms with Gasteiger partial charge >= 0.3 is 0 Å². The summed E-state index contributed by atoms with van der Waals surface area (Å²) in [5.74, 6) is -0.642. The summed E-state index contributed by atoms with van der Waals surface area (Å²) in [5.41, 5.74) is 0. The number of thiophene rings is 1. The molecule has 0 radical (unpaired) electrons. The fourth-order valence-corrected chi connectivity index (χ4v) is 2.11. The smallest absolute Gasteiger partial charge is 0.262 e. The summed E-state index contributed by atoms with van der Waals surface area (Å²) < 4.78 is 0. The van der Waals surface area contributed by atoms with Crippen molar-refractivity contribution >= 4 is 28.9 Å². The predicted octanol–water partition coefficient (Wildman–Crippen LogP) is 1.21. The van der Waals surface area contributed by atoms with E-state index in [-0.39, 0.29) is 17.6 Å². The van der Waals surface area contributed by atoms with E-state index >= 15 is 0 Å². The maximum absolute atomic E-state index is 11.8. The fourth-order valence-electron chi connectivity index (χ4n) is 1.31. The minimum absolute atomic E-state index is 0.0733. The minimum atomic E-state index is -0.597. The maximum Gasteiger partial charge on any atom is 0.262 e. The number of nitrogens with one attached hydrogen (secondary N) is 2. The van der Waals surface area contributed by atoms with Gasteiger partial charge < -0.3 is 10.6 Å². The molecule has 6 heteroatoms. The molecule has 98 valence electrons. The van der Waals surface area contributed by atoms with Crippen molar-refractivity contribution in [2.75, 3.05) is 6.54 Å². The van der Waals surface area contributed by atoms with Crippen molar-refractivity contribution in [2.24, 2.45) is 0 Å². The molecule has 1 aromatic rings. The van der Waals surface area contributed by atoms with Gasteiger partial charge in [-0.2, -0.15) is 0 Å². The number of rotatable bonds is 5. The van der Waals surface area contributed by atoms with E-state index < -0.39 is 6.04 Å². The summed E-state index contributed by atoms with van der Waals surface area (Å²) in [4.78, 5) is 35.3. The number of hydrogen-bond donors (Lipinski definition) is 2. The highest BCUT2D eigenvalue weighted by Crippen LogP contribution is 2.16. The molecule has 0 unspecified atom stereocenters. The van der Waals surface area contributed by atoms with Crippen LogP contribution in [0, 0.1) is 0 Å². The molecule has 0 spiro atoms. The van der Waals surface area contributed by atoms with E-state index in [1.165, 1.54) is 6.92 Å². The van der Waals surface area contributed by atoms with Gasteiger partial charge in [0.25, 0.3) is 5.91 Å². The van der Waals surface area contributed by atoms with Crippen molar-refractivity contribution < 1.29 is 14.4 Å². The molecule has 0 saturated carbocycles. The van der Waals surface area contributed by atoms with Gasteiger partial charge in [-0.25, -0.2) is 0 Å². The van der Waals surface area contributed by atoms with E-state index in [0.717, 1.165) is 11.3 Å². The summed E-state index contributed by atoms with van der Waals surface area (Å²) in [7, 11) is 0. The molecule has 0 aliphatic heterocycles. The first-order chi connectivity index (χ1) is 8.45. The fraction of sp³-hybridized carbons (Fsp3) is 0.417. The first-order valence-electron chi connectivity index (χ1n) is 5.65. The highest BCUT2D eigenvalue weighted by molar-refractivity contribution is 7.15. The van der Waals surface area contributed by atoms with Crippen LogP contribution in [-0.4, -0.2) is 30.2 Å². The number of ketones is 1. The minimum Gasteiger partial charge on any atom is -0.355 e. The molecule has 2 N–H and O–H groups in total. The van der Waals surface area contributed by atoms with Crippen molar-refractivity contribution in [3.05, 3.63) is 21.9 Å². The monoisotopic (exact) mass is 268 g/mol. The van der Waals surface area contributed by atoms with Crippen LogP contribution in [0.15, 0.2) is 12.1 Å². The highest BCUT2D eigenvalue weighted by atomic mass is 32.1. The maximum atomic E-state index is 11.8. The SMILES string of the molecule is CCNC(=O)[C@H](C)NC(=O)c1ccc(C(C)=O)s1. The van der Waals surface area contributed by atoms with Gasteiger partial charge in [-0.05, 0) is 32.9 Å². The van der Waals surface area contributed by atoms with E-state index in [1.54, 1.807) is 19.1 Å². The third kappa shape index (κ3) is 3.66. The number of hydrogen-bond acceptors (Lipinski definition) is 4. The average molecular weight is 268 g/mol. The Morgan fingerprint density at radius 3 is 2.39 bits per heavy atom. The second kappa shape index (κ2) is 6.30. The van der Waals surface area contributed by atoms with Gasteiger partial charge in [0.15, 0.2) is 5.78 Å². The largest absolute Gasteiger partial charge is 0.355 e. The summed E-state index contributed by atoms with van der Waals surface area (Å²) in [6.45, 7) is 5.39. The quantitative estimate of drug-likeness (QED) is 0.788. The molecular formula is C12H16N2O3S. The molecule has 1 aromatic heterocycles. The van der Waals surface area contributed by atoms with Gasteiger partial charge in [-0.1, -0.05) is 0 Å². The second-order valence-electron chi connectivity index (χ2n) is 3.81. The Morgan fingerprint density at radius 2 is 1.89 bits per heavy atom. The second-order valence-corrected chi connectivity index (χ2v) is 4.89. The number of Topliss-reactive ketones (excluding diaryl/α,β-unsaturated/α-hetero) is 1. The average Bonchev–Trinajstić information content (AvgIpc) is 2.78. The zero-order valence-electron chi connectivity index (χ0n) is 10.6. The first-order valence-corrected chi connectivity index (χ1v) is 6.46. The molecule has 5 nitrogen and oxygen atoms in total. The third-order valence-corrected chi connectivity index (χ3v) is 3.45. The summed E-state index contributed by atoms with van der Waals surface area (Å²) in [6.07, 6.45) is 0. The Kier molecular flexibility index (Phi) is 5.03. The van der Waals surface area contributed by atoms with Crippen LogP contribution in [0.4, 0.5) is 0 Å². The number of carbonyl (C=O) groups is 3. The zero-order chi connectivity index (χ0) is 13.7. The predicted molar refractivity (Wildman–Crippen MR) is 69.9 cm³/mol. The van der Waals surface area contributed by atoms with Crippen molar-refractivity contribution in [1.29, 1.82) is 0 Å². The van der Waals surface area contributed by atoms with Crippen LogP contribution in [-0.2, 0) is 4.79 Å². The lowest BCUT2D eigenvalue weighted by atomic mass is 10.3. The van der Waals surface area contributed by atoms with E-state index in [4.69, 9.17) is 0 Å². The summed E-state index contributed by atoms with van der Waals surface area (Å²) in [6, 6.07) is 2.60. The topological polar surface area (TPSA) is 75.3 Å². The van der Waals surface area contributed by atoms with Crippen LogP contribution in [0.2, 0.25) is 0 Å². The normalized spacial score (nSPS) is 11.7. The van der Waals surface area contributed by atoms with Gasteiger partial charge in [0.1, 0.15) is 6.04 Å². The Bertz CT molecular complexity index is 468. The Balaban J connectivity index is 2.64. The highest BCUT2D eigenvalue weighted by Gasteiger charge is 2.17. The lowest BCUT2D eigenvalue weighted by molar-refractivity contribution is -0.122. The van der Waals surface area contributed by atoms with Gasteiger partial charge in [-0.15, -0.1) is 11.3 Å². The lowest BCUT2D eigenvalue weighted by Crippen LogP contribution is -2.44. The molecule has 1 heterocycles. The van der Waals surface area contributed by atoms with Crippen LogP contribution >= 0.6 is 11.3 Å². The number of likely N-dealkylation sites (N-methyl/N-ethyl adjacent to an activating group) is 1. The van der Waals surface area contributed by atoms with Crippen LogP contribution in [0.25, 0.3) is 0 Å². The summed E-state index contributed by atoms with van der Waals surface area (Å²) in [5, 5.41) is 5.20. The van der Waals surface area contributed by atoms with E-state index in [2.05, 4.69) is 10.6 Å². The first kappa shape index (κ1) is 14.4. The van der Waals surface area contributed by atoms with E-state index in [1.807, 2.05) is 6.92 Å². The van der Waals surface area contributed by atoms with E-state index in [0.29, 0.717) is 16.3 Å². The van der Waals surface area contributed by atoms with Crippen molar-refractivity contribution in [3.8, 4) is 0 Å². The molecule has 0 bridgehead atoms. The van der Waals surface area contributed by atoms with Crippen molar-refractivity contribution in [1.82, 2.24) is 10.6 Å². The molecule has 0 fully saturated rings. The Labute approximate surface area is 110 Å². The lowest BCUT2D eigenvalue weighted by Gasteiger charge is -2.12.